The van der Waals surface area contributed by atoms with Gasteiger partial charge >= 0.3 is 0 Å². The lowest BCUT2D eigenvalue weighted by Gasteiger charge is -2.22. The molecular weight excluding hydrogens is 252 g/mol. The Morgan fingerprint density at radius 3 is 3.05 bits per heavy atom. The Kier molecular flexibility index (Phi) is 3.69. The van der Waals surface area contributed by atoms with Gasteiger partial charge in [-0.15, -0.1) is 0 Å². The van der Waals surface area contributed by atoms with Gasteiger partial charge in [0.2, 0.25) is 0 Å². The van der Waals surface area contributed by atoms with Gasteiger partial charge in [0.1, 0.15) is 11.3 Å². The Balaban J connectivity index is 1.73. The fraction of sp³-hybridized carbons (Fsp3) is 0.467. The van der Waals surface area contributed by atoms with Gasteiger partial charge in [-0.25, -0.2) is 4.98 Å². The maximum atomic E-state index is 12.4. The molecule has 0 aromatic carbocycles. The molecule has 0 unspecified atom stereocenters. The van der Waals surface area contributed by atoms with E-state index in [9.17, 15) is 4.79 Å². The number of nitrogens with one attached hydrogen (secondary N) is 2. The Bertz CT molecular complexity index is 613. The highest BCUT2D eigenvalue weighted by molar-refractivity contribution is 5.94. The van der Waals surface area contributed by atoms with E-state index in [1.54, 1.807) is 0 Å². The fourth-order valence-electron chi connectivity index (χ4n) is 2.79. The highest BCUT2D eigenvalue weighted by atomic mass is 16.1. The van der Waals surface area contributed by atoms with E-state index in [1.165, 1.54) is 0 Å². The van der Waals surface area contributed by atoms with Gasteiger partial charge in [0.05, 0.1) is 5.69 Å². The third kappa shape index (κ3) is 2.54. The number of amides is 1. The van der Waals surface area contributed by atoms with Crippen molar-refractivity contribution in [2.24, 2.45) is 5.92 Å². The molecule has 1 saturated heterocycles. The molecule has 3 rings (SSSR count). The Labute approximate surface area is 118 Å². The predicted molar refractivity (Wildman–Crippen MR) is 77.9 cm³/mol. The van der Waals surface area contributed by atoms with Crippen LogP contribution in [0.4, 0.5) is 0 Å². The lowest BCUT2D eigenvalue weighted by atomic mass is 9.98. The summed E-state index contributed by atoms with van der Waals surface area (Å²) in [6.45, 7) is 4.73. The van der Waals surface area contributed by atoms with E-state index >= 15 is 0 Å². The van der Waals surface area contributed by atoms with Gasteiger partial charge in [0, 0.05) is 12.7 Å². The van der Waals surface area contributed by atoms with E-state index in [0.29, 0.717) is 11.6 Å². The second-order valence-corrected chi connectivity index (χ2v) is 5.38. The Hall–Kier alpha value is -1.88. The summed E-state index contributed by atoms with van der Waals surface area (Å²) in [5.74, 6) is 0.555. The van der Waals surface area contributed by atoms with Crippen molar-refractivity contribution in [3.63, 3.8) is 0 Å². The lowest BCUT2D eigenvalue weighted by Crippen LogP contribution is -2.36. The molecule has 106 valence electrons. The van der Waals surface area contributed by atoms with Gasteiger partial charge in [-0.3, -0.25) is 9.20 Å². The number of aryl methyl sites for hydroxylation is 1. The highest BCUT2D eigenvalue weighted by Gasteiger charge is 2.18. The first-order valence-corrected chi connectivity index (χ1v) is 7.18. The van der Waals surface area contributed by atoms with Crippen LogP contribution in [-0.2, 0) is 0 Å². The number of piperidine rings is 1. The first kappa shape index (κ1) is 13.1. The van der Waals surface area contributed by atoms with Gasteiger partial charge in [-0.1, -0.05) is 6.07 Å². The molecule has 5 heteroatoms. The second-order valence-electron chi connectivity index (χ2n) is 5.38. The van der Waals surface area contributed by atoms with Gasteiger partial charge in [0.25, 0.3) is 5.91 Å². The number of aromatic nitrogens is 2. The summed E-state index contributed by atoms with van der Waals surface area (Å²) in [5, 5.41) is 6.40. The molecule has 20 heavy (non-hydrogen) atoms. The van der Waals surface area contributed by atoms with Crippen molar-refractivity contribution in [1.29, 1.82) is 0 Å². The van der Waals surface area contributed by atoms with Crippen LogP contribution in [0, 0.1) is 12.8 Å². The summed E-state index contributed by atoms with van der Waals surface area (Å²) in [4.78, 5) is 16.8. The molecule has 1 amide bonds. The summed E-state index contributed by atoms with van der Waals surface area (Å²) in [7, 11) is 0. The maximum absolute atomic E-state index is 12.4. The van der Waals surface area contributed by atoms with E-state index in [4.69, 9.17) is 0 Å². The molecule has 2 aromatic rings. The lowest BCUT2D eigenvalue weighted by molar-refractivity contribution is 0.0937. The maximum Gasteiger partial charge on any atom is 0.270 e. The van der Waals surface area contributed by atoms with Crippen LogP contribution >= 0.6 is 0 Å². The Morgan fingerprint density at radius 1 is 1.45 bits per heavy atom. The number of imidazole rings is 1. The van der Waals surface area contributed by atoms with Crippen LogP contribution in [0.3, 0.4) is 0 Å². The highest BCUT2D eigenvalue weighted by Crippen LogP contribution is 2.13. The predicted octanol–water partition coefficient (Wildman–Crippen LogP) is 1.37. The smallest absolute Gasteiger partial charge is 0.270 e. The number of rotatable bonds is 3. The van der Waals surface area contributed by atoms with E-state index < -0.39 is 0 Å². The van der Waals surface area contributed by atoms with Crippen molar-refractivity contribution in [2.75, 3.05) is 19.6 Å². The number of hydrogen-bond donors (Lipinski definition) is 2. The van der Waals surface area contributed by atoms with E-state index in [2.05, 4.69) is 15.6 Å². The SMILES string of the molecule is Cc1nc2ccccn2c1C(=O)NCC1CCNCC1. The minimum atomic E-state index is -0.0280. The fourth-order valence-corrected chi connectivity index (χ4v) is 2.79. The number of fused-ring (bicyclic) bond motifs is 1. The molecular formula is C15H20N4O. The molecule has 1 aliphatic rings. The summed E-state index contributed by atoms with van der Waals surface area (Å²) < 4.78 is 1.85. The zero-order valence-electron chi connectivity index (χ0n) is 11.7. The average molecular weight is 272 g/mol. The topological polar surface area (TPSA) is 58.4 Å². The standard InChI is InChI=1S/C15H20N4O/c1-11-14(19-9-3-2-4-13(19)18-11)15(20)17-10-12-5-7-16-8-6-12/h2-4,9,12,16H,5-8,10H2,1H3,(H,17,20). The van der Waals surface area contributed by atoms with Gasteiger partial charge in [-0.05, 0) is 50.9 Å². The van der Waals surface area contributed by atoms with Crippen LogP contribution in [-0.4, -0.2) is 34.9 Å². The number of carbonyl (C=O) groups excluding carboxylic acids is 1. The van der Waals surface area contributed by atoms with Crippen LogP contribution in [0.15, 0.2) is 24.4 Å². The van der Waals surface area contributed by atoms with E-state index in [-0.39, 0.29) is 5.91 Å². The molecule has 0 atom stereocenters. The molecule has 0 radical (unpaired) electrons. The van der Waals surface area contributed by atoms with Crippen LogP contribution in [0.25, 0.3) is 5.65 Å². The molecule has 5 nitrogen and oxygen atoms in total. The zero-order chi connectivity index (χ0) is 13.9. The first-order chi connectivity index (χ1) is 9.75. The second kappa shape index (κ2) is 5.63. The third-order valence-corrected chi connectivity index (χ3v) is 3.93. The molecule has 1 aliphatic heterocycles. The van der Waals surface area contributed by atoms with Crippen LogP contribution in [0.1, 0.15) is 29.0 Å². The molecule has 0 aliphatic carbocycles. The molecule has 0 bridgehead atoms. The van der Waals surface area contributed by atoms with E-state index in [0.717, 1.165) is 43.8 Å². The van der Waals surface area contributed by atoms with E-state index in [1.807, 2.05) is 35.7 Å². The molecule has 2 aromatic heterocycles. The van der Waals surface area contributed by atoms with Crippen LogP contribution < -0.4 is 10.6 Å². The van der Waals surface area contributed by atoms with Gasteiger partial charge in [-0.2, -0.15) is 0 Å². The first-order valence-electron chi connectivity index (χ1n) is 7.18. The van der Waals surface area contributed by atoms with Crippen molar-refractivity contribution in [3.8, 4) is 0 Å². The summed E-state index contributed by atoms with van der Waals surface area (Å²) in [5.41, 5.74) is 2.24. The zero-order valence-corrected chi connectivity index (χ0v) is 11.7. The number of hydrogen-bond acceptors (Lipinski definition) is 3. The third-order valence-electron chi connectivity index (χ3n) is 3.93. The number of carbonyl (C=O) groups is 1. The van der Waals surface area contributed by atoms with Crippen molar-refractivity contribution in [2.45, 2.75) is 19.8 Å². The summed E-state index contributed by atoms with van der Waals surface area (Å²) in [6.07, 6.45) is 4.15. The Morgan fingerprint density at radius 2 is 2.25 bits per heavy atom. The summed E-state index contributed by atoms with van der Waals surface area (Å²) in [6, 6.07) is 5.76. The minimum Gasteiger partial charge on any atom is -0.350 e. The molecule has 0 saturated carbocycles. The monoisotopic (exact) mass is 272 g/mol. The van der Waals surface area contributed by atoms with Crippen molar-refractivity contribution in [3.05, 3.63) is 35.8 Å². The van der Waals surface area contributed by atoms with Crippen LogP contribution in [0.2, 0.25) is 0 Å². The molecule has 1 fully saturated rings. The van der Waals surface area contributed by atoms with Gasteiger partial charge in [0.15, 0.2) is 0 Å². The summed E-state index contributed by atoms with van der Waals surface area (Å²) >= 11 is 0. The van der Waals surface area contributed by atoms with Crippen molar-refractivity contribution >= 4 is 11.6 Å². The number of pyridine rings is 1. The largest absolute Gasteiger partial charge is 0.350 e. The van der Waals surface area contributed by atoms with Crippen molar-refractivity contribution in [1.82, 2.24) is 20.0 Å². The average Bonchev–Trinajstić information content (AvgIpc) is 2.82. The molecule has 0 spiro atoms. The number of nitrogens with zero attached hydrogens (tertiary/aromatic N) is 2. The molecule has 2 N–H and O–H groups in total. The van der Waals surface area contributed by atoms with Gasteiger partial charge < -0.3 is 10.6 Å². The minimum absolute atomic E-state index is 0.0280. The normalized spacial score (nSPS) is 16.4. The quantitative estimate of drug-likeness (QED) is 0.887. The van der Waals surface area contributed by atoms with Crippen LogP contribution in [0.5, 0.6) is 0 Å². The molecule has 3 heterocycles. The van der Waals surface area contributed by atoms with Crippen molar-refractivity contribution < 1.29 is 4.79 Å².